The molecule has 6 heteroatoms. The molecule has 3 aliphatic carbocycles. The third-order valence-electron chi connectivity index (χ3n) is 10.8. The number of aryl methyl sites for hydroxylation is 2. The van der Waals surface area contributed by atoms with E-state index in [1.807, 2.05) is 60.7 Å². The number of nitrogens with zero attached hydrogens (tertiary/aromatic N) is 4. The van der Waals surface area contributed by atoms with E-state index in [1.54, 1.807) is 0 Å². The molecule has 0 N–H and O–H groups in total. The van der Waals surface area contributed by atoms with Crippen LogP contribution in [0.2, 0.25) is 0 Å². The van der Waals surface area contributed by atoms with E-state index < -0.39 is 0 Å². The van der Waals surface area contributed by atoms with Crippen LogP contribution in [0.3, 0.4) is 0 Å². The van der Waals surface area contributed by atoms with E-state index in [0.29, 0.717) is 16.7 Å². The van der Waals surface area contributed by atoms with Gasteiger partial charge in [-0.3, -0.25) is 0 Å². The second-order valence-electron chi connectivity index (χ2n) is 13.5. The minimum atomic E-state index is 0.594. The Labute approximate surface area is 294 Å². The van der Waals surface area contributed by atoms with Gasteiger partial charge in [-0.25, -0.2) is 0 Å². The summed E-state index contributed by atoms with van der Waals surface area (Å²) in [5, 5.41) is 31.9. The van der Waals surface area contributed by atoms with Crippen LogP contribution in [0.15, 0.2) is 93.8 Å². The summed E-state index contributed by atoms with van der Waals surface area (Å²) in [5.74, 6) is 2.58. The number of rotatable bonds is 3. The first-order chi connectivity index (χ1) is 25.1. The number of hydrogen-bond donors (Lipinski definition) is 0. The van der Waals surface area contributed by atoms with Crippen molar-refractivity contribution in [3.63, 3.8) is 0 Å². The molecule has 0 fully saturated rings. The third kappa shape index (κ3) is 4.26. The van der Waals surface area contributed by atoms with E-state index in [1.165, 1.54) is 5.56 Å². The highest BCUT2D eigenvalue weighted by atomic mass is 16.4. The maximum atomic E-state index is 10.4. The molecule has 0 saturated heterocycles. The summed E-state index contributed by atoms with van der Waals surface area (Å²) >= 11 is 0. The van der Waals surface area contributed by atoms with Crippen LogP contribution in [-0.4, -0.2) is 4.57 Å². The highest BCUT2D eigenvalue weighted by molar-refractivity contribution is 5.98. The van der Waals surface area contributed by atoms with Gasteiger partial charge >= 0.3 is 0 Å². The summed E-state index contributed by atoms with van der Waals surface area (Å²) in [6.45, 7) is 0. The van der Waals surface area contributed by atoms with Crippen molar-refractivity contribution < 1.29 is 8.83 Å². The smallest absolute Gasteiger partial charge is 0.174 e. The molecule has 0 unspecified atom stereocenters. The van der Waals surface area contributed by atoms with Crippen molar-refractivity contribution >= 4 is 39.6 Å². The Morgan fingerprint density at radius 2 is 1.47 bits per heavy atom. The van der Waals surface area contributed by atoms with Crippen LogP contribution >= 0.6 is 0 Å². The van der Waals surface area contributed by atoms with Gasteiger partial charge in [-0.2, -0.15) is 15.8 Å². The molecule has 0 radical (unpaired) electrons. The minimum Gasteiger partial charge on any atom is -0.457 e. The lowest BCUT2D eigenvalue weighted by molar-refractivity contribution is 0.494. The zero-order chi connectivity index (χ0) is 34.2. The highest BCUT2D eigenvalue weighted by Crippen LogP contribution is 2.47. The largest absolute Gasteiger partial charge is 0.457 e. The quantitative estimate of drug-likeness (QED) is 0.188. The van der Waals surface area contributed by atoms with Gasteiger partial charge < -0.3 is 13.4 Å². The van der Waals surface area contributed by atoms with Gasteiger partial charge in [-0.05, 0) is 97.3 Å². The standard InChI is InChI=1S/C45H28N4O2/c46-23-26-12-17-40-36(20-26)33-9-3-4-11-39(33)49(40)43-30(25-48)7-5-10-32(43)28-14-19-42-38(22-28)35-16-15-34-37-21-27(31-8-2-1-6-29(31)24-47)13-18-41(37)50-44(34)45(35)51-42/h1-3,5-10,12,14,17,19-22H,4,11,13,15-16,18H2. The van der Waals surface area contributed by atoms with Gasteiger partial charge in [0.2, 0.25) is 0 Å². The topological polar surface area (TPSA) is 103 Å². The molecular formula is C45H28N4O2. The lowest BCUT2D eigenvalue weighted by atomic mass is 9.86. The molecule has 51 heavy (non-hydrogen) atoms. The zero-order valence-corrected chi connectivity index (χ0v) is 27.6. The number of nitriles is 3. The van der Waals surface area contributed by atoms with Crippen LogP contribution in [-0.2, 0) is 25.7 Å². The van der Waals surface area contributed by atoms with Crippen molar-refractivity contribution in [3.8, 4) is 46.5 Å². The first kappa shape index (κ1) is 29.1. The van der Waals surface area contributed by atoms with Gasteiger partial charge in [-0.15, -0.1) is 0 Å². The summed E-state index contributed by atoms with van der Waals surface area (Å²) in [6.07, 6.45) is 11.5. The Hall–Kier alpha value is -6.81. The third-order valence-corrected chi connectivity index (χ3v) is 10.8. The molecule has 3 aromatic heterocycles. The number of para-hydroxylation sites is 1. The average molecular weight is 657 g/mol. The molecule has 6 nitrogen and oxygen atoms in total. The van der Waals surface area contributed by atoms with Crippen molar-refractivity contribution in [1.29, 1.82) is 15.8 Å². The number of fused-ring (bicyclic) bond motifs is 10. The predicted octanol–water partition coefficient (Wildman–Crippen LogP) is 10.5. The molecule has 240 valence electrons. The summed E-state index contributed by atoms with van der Waals surface area (Å²) in [7, 11) is 0. The van der Waals surface area contributed by atoms with Gasteiger partial charge in [0.25, 0.3) is 0 Å². The number of aromatic nitrogens is 1. The molecule has 7 aromatic rings. The maximum absolute atomic E-state index is 10.4. The number of allylic oxidation sites excluding steroid dienone is 2. The monoisotopic (exact) mass is 656 g/mol. The molecular weight excluding hydrogens is 629 g/mol. The van der Waals surface area contributed by atoms with Crippen LogP contribution in [0.4, 0.5) is 0 Å². The molecule has 3 heterocycles. The second-order valence-corrected chi connectivity index (χ2v) is 13.5. The lowest BCUT2D eigenvalue weighted by Gasteiger charge is -2.19. The van der Waals surface area contributed by atoms with Crippen LogP contribution in [0, 0.1) is 34.0 Å². The molecule has 0 bridgehead atoms. The minimum absolute atomic E-state index is 0.594. The van der Waals surface area contributed by atoms with Gasteiger partial charge in [0.05, 0.1) is 40.0 Å². The Morgan fingerprint density at radius 3 is 2.35 bits per heavy atom. The molecule has 0 atom stereocenters. The van der Waals surface area contributed by atoms with Crippen LogP contribution in [0.25, 0.3) is 67.9 Å². The number of furan rings is 2. The fourth-order valence-electron chi connectivity index (χ4n) is 8.54. The first-order valence-electron chi connectivity index (χ1n) is 17.3. The lowest BCUT2D eigenvalue weighted by Crippen LogP contribution is -2.06. The molecule has 0 saturated carbocycles. The summed E-state index contributed by atoms with van der Waals surface area (Å²) in [5.41, 5.74) is 14.4. The molecule has 0 spiro atoms. The SMILES string of the molecule is N#Cc1ccc2c(c1)c1c(n2-c2c(C#N)cccc2-c2ccc3oc4c(c3c2)CCc2c-4oc3c2C=C(c2ccccc2C#N)CC3)CCC=C1. The van der Waals surface area contributed by atoms with E-state index >= 15 is 0 Å². The Kier molecular flexibility index (Phi) is 6.35. The Morgan fingerprint density at radius 1 is 0.647 bits per heavy atom. The van der Waals surface area contributed by atoms with Crippen LogP contribution in [0.5, 0.6) is 0 Å². The van der Waals surface area contributed by atoms with Gasteiger partial charge in [0.15, 0.2) is 11.5 Å². The van der Waals surface area contributed by atoms with E-state index in [2.05, 4.69) is 59.2 Å². The fourth-order valence-corrected chi connectivity index (χ4v) is 8.54. The highest BCUT2D eigenvalue weighted by Gasteiger charge is 2.32. The van der Waals surface area contributed by atoms with Crippen molar-refractivity contribution in [2.45, 2.75) is 38.5 Å². The molecule has 10 rings (SSSR count). The molecule has 4 aromatic carbocycles. The van der Waals surface area contributed by atoms with E-state index in [0.717, 1.165) is 128 Å². The normalized spacial score (nSPS) is 14.2. The van der Waals surface area contributed by atoms with Gasteiger partial charge in [-0.1, -0.05) is 48.6 Å². The maximum Gasteiger partial charge on any atom is 0.174 e. The first-order valence-corrected chi connectivity index (χ1v) is 17.3. The van der Waals surface area contributed by atoms with Crippen molar-refractivity contribution in [1.82, 2.24) is 4.57 Å². The molecule has 0 aliphatic heterocycles. The predicted molar refractivity (Wildman–Crippen MR) is 198 cm³/mol. The zero-order valence-electron chi connectivity index (χ0n) is 27.6. The van der Waals surface area contributed by atoms with Crippen LogP contribution < -0.4 is 0 Å². The number of benzene rings is 4. The van der Waals surface area contributed by atoms with E-state index in [4.69, 9.17) is 8.83 Å². The van der Waals surface area contributed by atoms with Crippen molar-refractivity contribution in [3.05, 3.63) is 141 Å². The Balaban J connectivity index is 1.12. The van der Waals surface area contributed by atoms with Crippen molar-refractivity contribution in [2.24, 2.45) is 0 Å². The summed E-state index contributed by atoms with van der Waals surface area (Å²) in [4.78, 5) is 0. The van der Waals surface area contributed by atoms with Crippen molar-refractivity contribution in [2.75, 3.05) is 0 Å². The van der Waals surface area contributed by atoms with E-state index in [9.17, 15) is 15.8 Å². The summed E-state index contributed by atoms with van der Waals surface area (Å²) in [6, 6.07) is 33.0. The van der Waals surface area contributed by atoms with Crippen LogP contribution in [0.1, 0.15) is 68.8 Å². The fraction of sp³-hybridized carbons (Fsp3) is 0.133. The average Bonchev–Trinajstić information content (AvgIpc) is 3.86. The van der Waals surface area contributed by atoms with Gasteiger partial charge in [0.1, 0.15) is 17.4 Å². The molecule has 3 aliphatic rings. The number of hydrogen-bond acceptors (Lipinski definition) is 5. The second kappa shape index (κ2) is 11.1. The Bertz CT molecular complexity index is 2850. The summed E-state index contributed by atoms with van der Waals surface area (Å²) < 4.78 is 15.4. The van der Waals surface area contributed by atoms with Gasteiger partial charge in [0, 0.05) is 50.7 Å². The molecule has 0 amide bonds. The van der Waals surface area contributed by atoms with E-state index in [-0.39, 0.29) is 0 Å².